The lowest BCUT2D eigenvalue weighted by Gasteiger charge is -2.42. The Labute approximate surface area is 160 Å². The zero-order valence-electron chi connectivity index (χ0n) is 14.5. The van der Waals surface area contributed by atoms with Gasteiger partial charge in [-0.3, -0.25) is 0 Å². The molecule has 1 aromatic carbocycles. The van der Waals surface area contributed by atoms with Gasteiger partial charge in [0, 0.05) is 5.41 Å². The number of anilines is 1. The van der Waals surface area contributed by atoms with Crippen LogP contribution in [0.15, 0.2) is 4.90 Å². The summed E-state index contributed by atoms with van der Waals surface area (Å²) in [6, 6.07) is 0. The number of aromatic nitrogens is 2. The first kappa shape index (κ1) is 21.0. The summed E-state index contributed by atoms with van der Waals surface area (Å²) < 4.78 is 78.8. The molecule has 26 heavy (non-hydrogen) atoms. The van der Waals surface area contributed by atoms with Crippen molar-refractivity contribution >= 4 is 49.5 Å². The van der Waals surface area contributed by atoms with Crippen molar-refractivity contribution in [3.63, 3.8) is 0 Å². The smallest absolute Gasteiger partial charge is 0.314 e. The summed E-state index contributed by atoms with van der Waals surface area (Å²) in [5, 5.41) is -1.00. The quantitative estimate of drug-likeness (QED) is 0.416. The Kier molecular flexibility index (Phi) is 4.33. The molecule has 0 unspecified atom stereocenters. The van der Waals surface area contributed by atoms with E-state index in [1.165, 1.54) is 0 Å². The highest BCUT2D eigenvalue weighted by Gasteiger charge is 2.69. The van der Waals surface area contributed by atoms with Crippen LogP contribution >= 0.6 is 32.8 Å². The van der Waals surface area contributed by atoms with E-state index in [4.69, 9.17) is 10.5 Å². The molecule has 2 rings (SSSR count). The molecule has 0 saturated carbocycles. The summed E-state index contributed by atoms with van der Waals surface area (Å²) in [4.78, 5) is 5.63. The molecule has 0 saturated heterocycles. The first-order valence-corrected chi connectivity index (χ1v) is 10.1. The van der Waals surface area contributed by atoms with Crippen molar-refractivity contribution in [2.75, 3.05) is 20.0 Å². The van der Waals surface area contributed by atoms with Crippen molar-refractivity contribution in [1.29, 1.82) is 0 Å². The maximum absolute atomic E-state index is 13.8. The Balaban J connectivity index is 3.25. The van der Waals surface area contributed by atoms with Gasteiger partial charge in [0.2, 0.25) is 0 Å². The Morgan fingerprint density at radius 3 is 1.85 bits per heavy atom. The second-order valence-electron chi connectivity index (χ2n) is 6.58. The third-order valence-electron chi connectivity index (χ3n) is 3.45. The van der Waals surface area contributed by atoms with Gasteiger partial charge in [-0.1, -0.05) is 40.2 Å². The van der Waals surface area contributed by atoms with E-state index in [1.807, 2.05) is 0 Å². The maximum Gasteiger partial charge on any atom is 0.314 e. The van der Waals surface area contributed by atoms with E-state index in [9.17, 15) is 19.4 Å². The third-order valence-corrected chi connectivity index (χ3v) is 5.61. The Hall–Kier alpha value is -1.31. The minimum Gasteiger partial charge on any atom is -0.492 e. The molecule has 148 valence electrons. The summed E-state index contributed by atoms with van der Waals surface area (Å²) in [5.41, 5.74) is 4.64. The summed E-state index contributed by atoms with van der Waals surface area (Å²) in [7, 11) is -8.34. The molecular formula is C14H17F5IN3O2S. The number of fused-ring (bicyclic) bond motifs is 1. The zero-order valence-corrected chi connectivity index (χ0v) is 17.4. The van der Waals surface area contributed by atoms with Gasteiger partial charge < -0.3 is 15.2 Å². The lowest BCUT2D eigenvalue weighted by Crippen LogP contribution is -2.19. The normalized spacial score (nSPS) is 15.5. The number of hydrogen-bond donors (Lipinski definition) is 1. The molecule has 0 bridgehead atoms. The van der Waals surface area contributed by atoms with Crippen molar-refractivity contribution in [2.45, 2.75) is 31.1 Å². The van der Waals surface area contributed by atoms with Gasteiger partial charge in [0.1, 0.15) is 11.6 Å². The van der Waals surface area contributed by atoms with E-state index in [0.29, 0.717) is 0 Å². The van der Waals surface area contributed by atoms with Crippen LogP contribution in [0.1, 0.15) is 26.6 Å². The maximum atomic E-state index is 13.8. The summed E-state index contributed by atoms with van der Waals surface area (Å²) in [6.07, 6.45) is 0. The number of nitrogens with zero attached hydrogens (tertiary/aromatic N) is 2. The number of nitrogens with two attached hydrogens (primary N) is 1. The van der Waals surface area contributed by atoms with E-state index in [1.54, 1.807) is 43.4 Å². The highest BCUT2D eigenvalue weighted by molar-refractivity contribution is 14.1. The molecule has 0 aliphatic heterocycles. The Morgan fingerprint density at radius 2 is 1.46 bits per heavy atom. The number of halogens is 6. The van der Waals surface area contributed by atoms with Crippen LogP contribution in [-0.4, -0.2) is 24.2 Å². The molecule has 0 aliphatic rings. The number of ether oxygens (including phenoxy) is 2. The van der Waals surface area contributed by atoms with Gasteiger partial charge >= 0.3 is 10.2 Å². The van der Waals surface area contributed by atoms with Gasteiger partial charge in [0.05, 0.1) is 28.7 Å². The van der Waals surface area contributed by atoms with Crippen molar-refractivity contribution in [2.24, 2.45) is 0 Å². The van der Waals surface area contributed by atoms with Gasteiger partial charge in [0.15, 0.2) is 16.4 Å². The molecule has 5 nitrogen and oxygen atoms in total. The van der Waals surface area contributed by atoms with Gasteiger partial charge in [0.25, 0.3) is 0 Å². The molecule has 0 radical (unpaired) electrons. The molecule has 12 heteroatoms. The lowest BCUT2D eigenvalue weighted by molar-refractivity contribution is 0.325. The van der Waals surface area contributed by atoms with E-state index < -0.39 is 43.2 Å². The van der Waals surface area contributed by atoms with Crippen LogP contribution < -0.4 is 15.2 Å². The average Bonchev–Trinajstić information content (AvgIpc) is 2.43. The highest BCUT2D eigenvalue weighted by Crippen LogP contribution is 3.04. The van der Waals surface area contributed by atoms with Crippen LogP contribution in [0.25, 0.3) is 10.9 Å². The van der Waals surface area contributed by atoms with Crippen LogP contribution in [0.3, 0.4) is 0 Å². The second kappa shape index (κ2) is 5.36. The lowest BCUT2D eigenvalue weighted by atomic mass is 9.95. The molecule has 0 atom stereocenters. The summed E-state index contributed by atoms with van der Waals surface area (Å²) >= 11 is 1.65. The fourth-order valence-corrected chi connectivity index (χ4v) is 4.32. The first-order chi connectivity index (χ1) is 11.4. The third kappa shape index (κ3) is 3.57. The molecule has 1 aromatic heterocycles. The van der Waals surface area contributed by atoms with Gasteiger partial charge in [-0.05, 0) is 22.6 Å². The van der Waals surface area contributed by atoms with Crippen molar-refractivity contribution in [3.8, 4) is 11.5 Å². The fraction of sp³-hybridized carbons (Fsp3) is 0.429. The molecular weight excluding hydrogens is 496 g/mol. The second-order valence-corrected chi connectivity index (χ2v) is 10.0. The summed E-state index contributed by atoms with van der Waals surface area (Å²) in [6.45, 7) is 5.14. The fourth-order valence-electron chi connectivity index (χ4n) is 2.36. The topological polar surface area (TPSA) is 70.3 Å². The van der Waals surface area contributed by atoms with Crippen LogP contribution in [0.2, 0.25) is 0 Å². The number of benzene rings is 1. The Morgan fingerprint density at radius 1 is 0.962 bits per heavy atom. The Bertz CT molecular complexity index is 914. The predicted molar refractivity (Wildman–Crippen MR) is 99.9 cm³/mol. The number of rotatable bonds is 3. The minimum absolute atomic E-state index is 0.0575. The molecule has 0 aliphatic carbocycles. The number of nitrogen functional groups attached to an aromatic ring is 1. The molecule has 0 spiro atoms. The minimum atomic E-state index is -10.2. The van der Waals surface area contributed by atoms with Crippen molar-refractivity contribution in [3.05, 3.63) is 9.39 Å². The SMILES string of the molecule is COc1c(OC)c(S(F)(F)(F)(F)F)c2c(N)nc(C(C)(C)C)nc2c1I. The van der Waals surface area contributed by atoms with Gasteiger partial charge in [-0.15, -0.1) is 0 Å². The first-order valence-electron chi connectivity index (χ1n) is 7.07. The van der Waals surface area contributed by atoms with Gasteiger partial charge in [-0.25, -0.2) is 9.97 Å². The summed E-state index contributed by atoms with van der Waals surface area (Å²) in [5.74, 6) is -2.24. The van der Waals surface area contributed by atoms with Crippen LogP contribution in [-0.2, 0) is 5.41 Å². The van der Waals surface area contributed by atoms with Crippen molar-refractivity contribution in [1.82, 2.24) is 9.97 Å². The van der Waals surface area contributed by atoms with E-state index in [-0.39, 0.29) is 14.9 Å². The van der Waals surface area contributed by atoms with Crippen molar-refractivity contribution < 1.29 is 28.9 Å². The standard InChI is InChI=1S/C14H17F5IN3O2S/c1-14(2,3)13-22-8-6(12(21)23-13)11(26(15,16,17,18)19)10(25-5)9(24-4)7(8)20/h1-5H3,(H2,21,22,23). The van der Waals surface area contributed by atoms with Crippen LogP contribution in [0.5, 0.6) is 11.5 Å². The number of methoxy groups -OCH3 is 2. The number of hydrogen-bond acceptors (Lipinski definition) is 5. The average molecular weight is 513 g/mol. The molecule has 2 N–H and O–H groups in total. The van der Waals surface area contributed by atoms with Crippen LogP contribution in [0, 0.1) is 3.57 Å². The van der Waals surface area contributed by atoms with E-state index in [0.717, 1.165) is 14.2 Å². The van der Waals surface area contributed by atoms with E-state index >= 15 is 0 Å². The highest BCUT2D eigenvalue weighted by atomic mass is 127. The molecule has 2 aromatic rings. The molecule has 0 fully saturated rings. The van der Waals surface area contributed by atoms with Crippen LogP contribution in [0.4, 0.5) is 25.2 Å². The monoisotopic (exact) mass is 513 g/mol. The largest absolute Gasteiger partial charge is 0.492 e. The molecule has 1 heterocycles. The van der Waals surface area contributed by atoms with Gasteiger partial charge in [-0.2, -0.15) is 0 Å². The molecule has 0 amide bonds. The van der Waals surface area contributed by atoms with E-state index in [2.05, 4.69) is 14.7 Å². The zero-order chi connectivity index (χ0) is 20.4. The predicted octanol–water partition coefficient (Wildman–Crippen LogP) is 5.79.